The molecule has 0 spiro atoms. The number of alkyl halides is 1. The molecule has 0 saturated heterocycles. The lowest BCUT2D eigenvalue weighted by atomic mass is 9.92. The molecule has 2 nitrogen and oxygen atoms in total. The number of halogens is 1. The first-order chi connectivity index (χ1) is 9.31. The van der Waals surface area contributed by atoms with Crippen LogP contribution in [0.4, 0.5) is 0 Å². The van der Waals surface area contributed by atoms with Crippen LogP contribution in [0.5, 0.6) is 11.5 Å². The van der Waals surface area contributed by atoms with Crippen molar-refractivity contribution < 1.29 is 9.47 Å². The minimum Gasteiger partial charge on any atom is -0.486 e. The molecule has 1 aliphatic heterocycles. The zero-order valence-electron chi connectivity index (χ0n) is 11.0. The van der Waals surface area contributed by atoms with Gasteiger partial charge in [0.2, 0.25) is 0 Å². The van der Waals surface area contributed by atoms with Crippen molar-refractivity contribution in [2.75, 3.05) is 24.3 Å². The molecule has 3 rings (SSSR count). The molecule has 2 aliphatic rings. The van der Waals surface area contributed by atoms with Gasteiger partial charge in [-0.1, -0.05) is 28.8 Å². The summed E-state index contributed by atoms with van der Waals surface area (Å²) in [5.41, 5.74) is 0.498. The van der Waals surface area contributed by atoms with Crippen LogP contribution in [0.25, 0.3) is 0 Å². The lowest BCUT2D eigenvalue weighted by Gasteiger charge is -2.26. The van der Waals surface area contributed by atoms with E-state index < -0.39 is 0 Å². The highest BCUT2D eigenvalue weighted by Crippen LogP contribution is 2.44. The molecule has 1 aromatic carbocycles. The maximum Gasteiger partial charge on any atom is 0.162 e. The van der Waals surface area contributed by atoms with Gasteiger partial charge in [-0.15, -0.1) is 11.8 Å². The van der Waals surface area contributed by atoms with E-state index in [-0.39, 0.29) is 0 Å². The van der Waals surface area contributed by atoms with Crippen molar-refractivity contribution in [3.63, 3.8) is 0 Å². The Morgan fingerprint density at radius 3 is 2.58 bits per heavy atom. The SMILES string of the molecule is BrCC1(CSc2ccc3c(c2)OCCO3)CCCC1. The molecule has 0 atom stereocenters. The predicted octanol–water partition coefficient (Wildman–Crippen LogP) is 4.51. The Labute approximate surface area is 127 Å². The van der Waals surface area contributed by atoms with E-state index in [0.29, 0.717) is 18.6 Å². The van der Waals surface area contributed by atoms with Crippen molar-refractivity contribution >= 4 is 27.7 Å². The highest BCUT2D eigenvalue weighted by molar-refractivity contribution is 9.09. The van der Waals surface area contributed by atoms with Gasteiger partial charge in [0.15, 0.2) is 11.5 Å². The number of thioether (sulfide) groups is 1. The Morgan fingerprint density at radius 1 is 1.11 bits per heavy atom. The zero-order chi connectivity index (χ0) is 13.1. The Kier molecular flexibility index (Phi) is 4.27. The number of hydrogen-bond donors (Lipinski definition) is 0. The molecule has 0 N–H and O–H groups in total. The molecule has 19 heavy (non-hydrogen) atoms. The third kappa shape index (κ3) is 3.05. The summed E-state index contributed by atoms with van der Waals surface area (Å²) in [6.07, 6.45) is 5.48. The minimum atomic E-state index is 0.498. The van der Waals surface area contributed by atoms with Crippen LogP contribution in [-0.2, 0) is 0 Å². The lowest BCUT2D eigenvalue weighted by molar-refractivity contribution is 0.171. The molecule has 104 valence electrons. The minimum absolute atomic E-state index is 0.498. The molecule has 0 unspecified atom stereocenters. The number of ether oxygens (including phenoxy) is 2. The summed E-state index contributed by atoms with van der Waals surface area (Å²) < 4.78 is 11.2. The number of benzene rings is 1. The summed E-state index contributed by atoms with van der Waals surface area (Å²) >= 11 is 5.66. The average Bonchev–Trinajstić information content (AvgIpc) is 2.94. The fourth-order valence-electron chi connectivity index (χ4n) is 2.79. The van der Waals surface area contributed by atoms with Crippen LogP contribution in [0, 0.1) is 5.41 Å². The van der Waals surface area contributed by atoms with Crippen molar-refractivity contribution in [3.8, 4) is 11.5 Å². The van der Waals surface area contributed by atoms with E-state index in [2.05, 4.69) is 28.1 Å². The van der Waals surface area contributed by atoms with Crippen molar-refractivity contribution in [3.05, 3.63) is 18.2 Å². The Balaban J connectivity index is 1.66. The van der Waals surface area contributed by atoms with Crippen LogP contribution in [0.2, 0.25) is 0 Å². The van der Waals surface area contributed by atoms with Gasteiger partial charge in [-0.3, -0.25) is 0 Å². The molecule has 1 aliphatic carbocycles. The molecular weight excluding hydrogens is 324 g/mol. The molecular formula is C15H19BrO2S. The van der Waals surface area contributed by atoms with E-state index in [4.69, 9.17) is 9.47 Å². The van der Waals surface area contributed by atoms with E-state index in [0.717, 1.165) is 16.8 Å². The van der Waals surface area contributed by atoms with E-state index in [1.807, 2.05) is 17.8 Å². The summed E-state index contributed by atoms with van der Waals surface area (Å²) in [6, 6.07) is 6.30. The molecule has 0 bridgehead atoms. The normalized spacial score (nSPS) is 20.5. The van der Waals surface area contributed by atoms with Crippen LogP contribution in [-0.4, -0.2) is 24.3 Å². The number of rotatable bonds is 4. The zero-order valence-corrected chi connectivity index (χ0v) is 13.4. The molecule has 1 heterocycles. The second kappa shape index (κ2) is 5.96. The van der Waals surface area contributed by atoms with Crippen molar-refractivity contribution in [2.24, 2.45) is 5.41 Å². The molecule has 1 aromatic rings. The van der Waals surface area contributed by atoms with Gasteiger partial charge in [-0.05, 0) is 36.5 Å². The van der Waals surface area contributed by atoms with Gasteiger partial charge in [-0.2, -0.15) is 0 Å². The third-order valence-corrected chi connectivity index (χ3v) is 6.54. The Hall–Kier alpha value is -0.350. The van der Waals surface area contributed by atoms with E-state index in [9.17, 15) is 0 Å². The molecule has 4 heteroatoms. The quantitative estimate of drug-likeness (QED) is 0.592. The van der Waals surface area contributed by atoms with E-state index in [1.165, 1.54) is 36.3 Å². The van der Waals surface area contributed by atoms with Gasteiger partial charge in [0.1, 0.15) is 13.2 Å². The molecule has 0 aromatic heterocycles. The number of hydrogen-bond acceptors (Lipinski definition) is 3. The van der Waals surface area contributed by atoms with E-state index in [1.54, 1.807) is 0 Å². The standard InChI is InChI=1S/C15H19BrO2S/c16-10-15(5-1-2-6-15)11-19-12-3-4-13-14(9-12)18-8-7-17-13/h3-4,9H,1-2,5-8,10-11H2. The topological polar surface area (TPSA) is 18.5 Å². The molecule has 1 saturated carbocycles. The van der Waals surface area contributed by atoms with Gasteiger partial charge in [0, 0.05) is 16.0 Å². The van der Waals surface area contributed by atoms with Crippen LogP contribution in [0.15, 0.2) is 23.1 Å². The van der Waals surface area contributed by atoms with Crippen LogP contribution in [0.3, 0.4) is 0 Å². The summed E-state index contributed by atoms with van der Waals surface area (Å²) in [5.74, 6) is 2.97. The van der Waals surface area contributed by atoms with Gasteiger partial charge < -0.3 is 9.47 Å². The second-order valence-electron chi connectivity index (χ2n) is 5.43. The third-order valence-electron chi connectivity index (χ3n) is 4.01. The van der Waals surface area contributed by atoms with Crippen molar-refractivity contribution in [2.45, 2.75) is 30.6 Å². The van der Waals surface area contributed by atoms with Gasteiger partial charge in [0.25, 0.3) is 0 Å². The fourth-order valence-corrected chi connectivity index (χ4v) is 5.03. The van der Waals surface area contributed by atoms with Gasteiger partial charge in [0.05, 0.1) is 0 Å². The first kappa shape index (κ1) is 13.6. The summed E-state index contributed by atoms with van der Waals surface area (Å²) in [6.45, 7) is 1.32. The monoisotopic (exact) mass is 342 g/mol. The molecule has 0 radical (unpaired) electrons. The predicted molar refractivity (Wildman–Crippen MR) is 82.9 cm³/mol. The smallest absolute Gasteiger partial charge is 0.162 e. The Bertz CT molecular complexity index is 444. The summed E-state index contributed by atoms with van der Waals surface area (Å²) in [4.78, 5) is 1.29. The number of fused-ring (bicyclic) bond motifs is 1. The Morgan fingerprint density at radius 2 is 1.84 bits per heavy atom. The highest BCUT2D eigenvalue weighted by atomic mass is 79.9. The fraction of sp³-hybridized carbons (Fsp3) is 0.600. The maximum atomic E-state index is 5.64. The first-order valence-electron chi connectivity index (χ1n) is 6.90. The van der Waals surface area contributed by atoms with Gasteiger partial charge >= 0.3 is 0 Å². The van der Waals surface area contributed by atoms with Crippen LogP contribution >= 0.6 is 27.7 Å². The lowest BCUT2D eigenvalue weighted by Crippen LogP contribution is -2.21. The van der Waals surface area contributed by atoms with Crippen LogP contribution < -0.4 is 9.47 Å². The average molecular weight is 343 g/mol. The van der Waals surface area contributed by atoms with Crippen molar-refractivity contribution in [1.29, 1.82) is 0 Å². The van der Waals surface area contributed by atoms with Crippen LogP contribution in [0.1, 0.15) is 25.7 Å². The first-order valence-corrected chi connectivity index (χ1v) is 9.00. The van der Waals surface area contributed by atoms with Crippen molar-refractivity contribution in [1.82, 2.24) is 0 Å². The van der Waals surface area contributed by atoms with Gasteiger partial charge in [-0.25, -0.2) is 0 Å². The largest absolute Gasteiger partial charge is 0.486 e. The maximum absolute atomic E-state index is 5.64. The second-order valence-corrected chi connectivity index (χ2v) is 7.04. The highest BCUT2D eigenvalue weighted by Gasteiger charge is 2.32. The van der Waals surface area contributed by atoms with E-state index >= 15 is 0 Å². The molecule has 1 fully saturated rings. The summed E-state index contributed by atoms with van der Waals surface area (Å²) in [5, 5.41) is 1.12. The summed E-state index contributed by atoms with van der Waals surface area (Å²) in [7, 11) is 0. The molecule has 0 amide bonds.